The number of hydrogen-bond donors (Lipinski definition) is 1. The molecule has 0 saturated heterocycles. The number of allylic oxidation sites excluding steroid dienone is 1. The fraction of sp³-hybridized carbons (Fsp3) is 0.0339. The van der Waals surface area contributed by atoms with Crippen molar-refractivity contribution in [3.63, 3.8) is 0 Å². The summed E-state index contributed by atoms with van der Waals surface area (Å²) in [6.07, 6.45) is 1.92. The summed E-state index contributed by atoms with van der Waals surface area (Å²) in [7, 11) is 0. The largest absolute Gasteiger partial charge is 0.360 e. The van der Waals surface area contributed by atoms with Gasteiger partial charge in [0.15, 0.2) is 0 Å². The molecule has 9 aromatic carbocycles. The van der Waals surface area contributed by atoms with Crippen molar-refractivity contribution >= 4 is 28.5 Å². The van der Waals surface area contributed by atoms with E-state index in [0.717, 1.165) is 39.3 Å². The van der Waals surface area contributed by atoms with Gasteiger partial charge < -0.3 is 10.2 Å². The number of nitrogens with one attached hydrogen (secondary N) is 1. The van der Waals surface area contributed by atoms with E-state index in [1.54, 1.807) is 0 Å². The molecule has 9 aromatic rings. The third kappa shape index (κ3) is 5.70. The molecule has 0 radical (unpaired) electrons. The molecule has 0 amide bonds. The van der Waals surface area contributed by atoms with Crippen molar-refractivity contribution in [3.8, 4) is 33.4 Å². The van der Waals surface area contributed by atoms with E-state index in [1.807, 2.05) is 0 Å². The van der Waals surface area contributed by atoms with E-state index in [9.17, 15) is 0 Å². The molecule has 3 nitrogen and oxygen atoms in total. The van der Waals surface area contributed by atoms with Gasteiger partial charge in [-0.2, -0.15) is 0 Å². The Kier molecular flexibility index (Phi) is 8.46. The zero-order valence-corrected chi connectivity index (χ0v) is 34.0. The number of hydrogen-bond acceptors (Lipinski definition) is 3. The maximum Gasteiger partial charge on any atom is 0.145 e. The van der Waals surface area contributed by atoms with Gasteiger partial charge in [-0.05, 0) is 121 Å². The molecule has 1 N–H and O–H groups in total. The van der Waals surface area contributed by atoms with Gasteiger partial charge in [-0.25, -0.2) is 0 Å². The van der Waals surface area contributed by atoms with Crippen LogP contribution in [-0.4, -0.2) is 5.71 Å². The molecule has 0 bridgehead atoms. The van der Waals surface area contributed by atoms with Crippen molar-refractivity contribution in [3.05, 3.63) is 276 Å². The molecule has 1 atom stereocenters. The van der Waals surface area contributed by atoms with Crippen LogP contribution in [0.4, 0.5) is 17.1 Å². The Morgan fingerprint density at radius 2 is 0.903 bits per heavy atom. The van der Waals surface area contributed by atoms with Gasteiger partial charge in [0.25, 0.3) is 0 Å². The molecule has 1 unspecified atom stereocenters. The molecular weight excluding hydrogens is 751 g/mol. The number of rotatable bonds is 6. The molecule has 0 saturated carbocycles. The van der Waals surface area contributed by atoms with Crippen molar-refractivity contribution in [2.24, 2.45) is 4.99 Å². The average molecular weight is 792 g/mol. The van der Waals surface area contributed by atoms with Crippen LogP contribution in [0.2, 0.25) is 0 Å². The minimum atomic E-state index is -0.475. The quantitative estimate of drug-likeness (QED) is 0.182. The molecule has 0 fully saturated rings. The van der Waals surface area contributed by atoms with Gasteiger partial charge >= 0.3 is 0 Å². The SMILES string of the molecule is C1=C(c2ccccc2)NC(c2cccc(-c3cccc(-c4ccc5c(c4)-c4ccccc4C54c5ccccc5N(c5ccccc5)c5ccccc54)c3)c2)N=C1c1ccccc1. The first kappa shape index (κ1) is 35.9. The van der Waals surface area contributed by atoms with Crippen molar-refractivity contribution in [2.45, 2.75) is 11.6 Å². The highest BCUT2D eigenvalue weighted by Gasteiger charge is 2.51. The second-order valence-corrected chi connectivity index (χ2v) is 16.3. The van der Waals surface area contributed by atoms with Crippen LogP contribution in [0.1, 0.15) is 45.1 Å². The second-order valence-electron chi connectivity index (χ2n) is 16.3. The van der Waals surface area contributed by atoms with Crippen LogP contribution in [0.25, 0.3) is 39.1 Å². The molecule has 12 rings (SSSR count). The van der Waals surface area contributed by atoms with E-state index in [1.165, 1.54) is 61.4 Å². The first-order valence-electron chi connectivity index (χ1n) is 21.4. The van der Waals surface area contributed by atoms with Gasteiger partial charge in [0.1, 0.15) is 6.17 Å². The van der Waals surface area contributed by atoms with Crippen LogP contribution in [-0.2, 0) is 5.41 Å². The number of nitrogens with zero attached hydrogens (tertiary/aromatic N) is 2. The van der Waals surface area contributed by atoms with Crippen LogP contribution in [0.3, 0.4) is 0 Å². The van der Waals surface area contributed by atoms with Gasteiger partial charge in [0.2, 0.25) is 0 Å². The van der Waals surface area contributed by atoms with Crippen molar-refractivity contribution in [1.29, 1.82) is 0 Å². The zero-order valence-electron chi connectivity index (χ0n) is 34.0. The smallest absolute Gasteiger partial charge is 0.145 e. The first-order chi connectivity index (χ1) is 30.7. The molecule has 62 heavy (non-hydrogen) atoms. The summed E-state index contributed by atoms with van der Waals surface area (Å²) in [5.41, 5.74) is 21.0. The predicted octanol–water partition coefficient (Wildman–Crippen LogP) is 14.3. The third-order valence-corrected chi connectivity index (χ3v) is 12.9. The minimum absolute atomic E-state index is 0.243. The monoisotopic (exact) mass is 791 g/mol. The Hall–Kier alpha value is -8.01. The topological polar surface area (TPSA) is 27.6 Å². The van der Waals surface area contributed by atoms with Gasteiger partial charge in [0.05, 0.1) is 22.5 Å². The molecule has 0 aromatic heterocycles. The number of benzene rings is 9. The summed E-state index contributed by atoms with van der Waals surface area (Å²) in [5, 5.41) is 3.75. The molecular formula is C59H41N3. The summed E-state index contributed by atoms with van der Waals surface area (Å²) in [6.45, 7) is 0. The fourth-order valence-corrected chi connectivity index (χ4v) is 10.2. The van der Waals surface area contributed by atoms with E-state index in [-0.39, 0.29) is 6.17 Å². The molecule has 292 valence electrons. The van der Waals surface area contributed by atoms with Crippen LogP contribution >= 0.6 is 0 Å². The normalized spacial score (nSPS) is 15.4. The van der Waals surface area contributed by atoms with Gasteiger partial charge in [-0.15, -0.1) is 0 Å². The van der Waals surface area contributed by atoms with E-state index < -0.39 is 5.41 Å². The molecule has 1 spiro atoms. The number of anilines is 3. The lowest BCUT2D eigenvalue weighted by molar-refractivity contribution is 0.664. The van der Waals surface area contributed by atoms with Crippen LogP contribution < -0.4 is 10.2 Å². The summed E-state index contributed by atoms with van der Waals surface area (Å²) >= 11 is 0. The Labute approximate surface area is 362 Å². The van der Waals surface area contributed by atoms with E-state index >= 15 is 0 Å². The molecule has 3 heteroatoms. The summed E-state index contributed by atoms with van der Waals surface area (Å²) in [4.78, 5) is 7.69. The van der Waals surface area contributed by atoms with Gasteiger partial charge in [0, 0.05) is 11.4 Å². The highest BCUT2D eigenvalue weighted by Crippen LogP contribution is 2.63. The highest BCUT2D eigenvalue weighted by molar-refractivity contribution is 6.13. The average Bonchev–Trinajstić information content (AvgIpc) is 3.65. The molecule has 2 aliphatic heterocycles. The standard InChI is InChI=1S/C59H41N3/c1-4-18-40(19-5-1)54-39-55(41-20-6-2-7-21-41)61-58(60-54)46-25-17-24-44(37-46)42-22-16-23-43(36-42)45-34-35-51-49(38-45)48-28-10-11-29-50(48)59(51)52-30-12-14-32-56(52)62(47-26-8-3-9-27-47)57-33-15-13-31-53(57)59/h1-39,58,60H. The summed E-state index contributed by atoms with van der Waals surface area (Å²) in [5.74, 6) is 0. The maximum atomic E-state index is 5.26. The zero-order chi connectivity index (χ0) is 41.0. The third-order valence-electron chi connectivity index (χ3n) is 12.9. The minimum Gasteiger partial charge on any atom is -0.360 e. The first-order valence-corrected chi connectivity index (χ1v) is 21.4. The lowest BCUT2D eigenvalue weighted by Gasteiger charge is -2.45. The van der Waals surface area contributed by atoms with Crippen LogP contribution in [0.5, 0.6) is 0 Å². The highest BCUT2D eigenvalue weighted by atomic mass is 15.2. The Morgan fingerprint density at radius 3 is 1.60 bits per heavy atom. The Balaban J connectivity index is 0.944. The van der Waals surface area contributed by atoms with Crippen molar-refractivity contribution in [1.82, 2.24) is 5.32 Å². The van der Waals surface area contributed by atoms with E-state index in [0.29, 0.717) is 0 Å². The molecule has 2 heterocycles. The van der Waals surface area contributed by atoms with E-state index in [2.05, 4.69) is 247 Å². The van der Waals surface area contributed by atoms with Crippen molar-refractivity contribution in [2.75, 3.05) is 4.90 Å². The lowest BCUT2D eigenvalue weighted by Crippen LogP contribution is -2.36. The number of fused-ring (bicyclic) bond motifs is 9. The van der Waals surface area contributed by atoms with Crippen molar-refractivity contribution < 1.29 is 0 Å². The van der Waals surface area contributed by atoms with Gasteiger partial charge in [-0.3, -0.25) is 4.99 Å². The summed E-state index contributed by atoms with van der Waals surface area (Å²) < 4.78 is 0. The Bertz CT molecular complexity index is 3170. The predicted molar refractivity (Wildman–Crippen MR) is 256 cm³/mol. The second kappa shape index (κ2) is 14.6. The lowest BCUT2D eigenvalue weighted by atomic mass is 9.64. The Morgan fingerprint density at radius 1 is 0.387 bits per heavy atom. The van der Waals surface area contributed by atoms with Crippen LogP contribution in [0.15, 0.2) is 242 Å². The molecule has 3 aliphatic rings. The number of para-hydroxylation sites is 3. The maximum absolute atomic E-state index is 5.26. The van der Waals surface area contributed by atoms with Crippen LogP contribution in [0, 0.1) is 0 Å². The number of aliphatic imine (C=N–C) groups is 1. The fourth-order valence-electron chi connectivity index (χ4n) is 10.2. The van der Waals surface area contributed by atoms with Gasteiger partial charge in [-0.1, -0.05) is 188 Å². The van der Waals surface area contributed by atoms with E-state index in [4.69, 9.17) is 4.99 Å². The summed E-state index contributed by atoms with van der Waals surface area (Å²) in [6, 6.07) is 83.8. The molecule has 1 aliphatic carbocycles.